The van der Waals surface area contributed by atoms with Crippen molar-refractivity contribution in [1.29, 1.82) is 0 Å². The Hall–Kier alpha value is -1.48. The van der Waals surface area contributed by atoms with Crippen molar-refractivity contribution in [2.24, 2.45) is 0 Å². The van der Waals surface area contributed by atoms with Crippen LogP contribution in [0.4, 0.5) is 0 Å². The molecule has 23 heavy (non-hydrogen) atoms. The number of aliphatic hydroxyl groups excluding tert-OH is 1. The average Bonchev–Trinajstić information content (AvgIpc) is 2.80. The molecule has 0 radical (unpaired) electrons. The molecule has 0 spiro atoms. The number of aromatic amines is 1. The van der Waals surface area contributed by atoms with Gasteiger partial charge in [0.05, 0.1) is 18.8 Å². The molecule has 0 saturated carbocycles. The maximum atomic E-state index is 12.1. The Labute approximate surface area is 134 Å². The van der Waals surface area contributed by atoms with Crippen LogP contribution in [0.15, 0.2) is 15.8 Å². The third-order valence-corrected chi connectivity index (χ3v) is 3.93. The van der Waals surface area contributed by atoms with E-state index in [0.717, 1.165) is 0 Å². The van der Waals surface area contributed by atoms with E-state index in [2.05, 4.69) is 4.98 Å². The first-order chi connectivity index (χ1) is 10.9. The van der Waals surface area contributed by atoms with Crippen molar-refractivity contribution < 1.29 is 19.3 Å². The molecule has 0 amide bonds. The second-order valence-corrected chi connectivity index (χ2v) is 5.81. The molecule has 1 aliphatic heterocycles. The van der Waals surface area contributed by atoms with Gasteiger partial charge in [0.25, 0.3) is 5.56 Å². The number of aryl methyl sites for hydroxylation is 1. The molecule has 1 aromatic heterocycles. The molecule has 8 nitrogen and oxygen atoms in total. The molecule has 2 N–H and O–H groups in total. The molecular formula is C15H24N2O6. The number of nitrogens with zero attached hydrogens (tertiary/aromatic N) is 1. The second-order valence-electron chi connectivity index (χ2n) is 5.81. The van der Waals surface area contributed by atoms with Crippen LogP contribution in [0.1, 0.15) is 32.1 Å². The molecule has 2 rings (SSSR count). The molecule has 130 valence electrons. The molecule has 1 aromatic rings. The minimum Gasteiger partial charge on any atom is -0.388 e. The summed E-state index contributed by atoms with van der Waals surface area (Å²) in [6, 6.07) is 0. The van der Waals surface area contributed by atoms with Gasteiger partial charge in [-0.25, -0.2) is 4.79 Å². The lowest BCUT2D eigenvalue weighted by molar-refractivity contribution is -0.111. The predicted octanol–water partition coefficient (Wildman–Crippen LogP) is -0.0666. The third-order valence-electron chi connectivity index (χ3n) is 3.93. The monoisotopic (exact) mass is 328 g/mol. The maximum absolute atomic E-state index is 12.1. The van der Waals surface area contributed by atoms with Crippen LogP contribution in [0.5, 0.6) is 0 Å². The highest BCUT2D eigenvalue weighted by atomic mass is 16.6. The summed E-state index contributed by atoms with van der Waals surface area (Å²) in [4.78, 5) is 25.9. The van der Waals surface area contributed by atoms with Crippen LogP contribution in [0.3, 0.4) is 0 Å². The van der Waals surface area contributed by atoms with Gasteiger partial charge in [0.2, 0.25) is 0 Å². The normalized spacial score (nSPS) is 28.9. The summed E-state index contributed by atoms with van der Waals surface area (Å²) in [5.41, 5.74) is -0.657. The zero-order valence-corrected chi connectivity index (χ0v) is 13.8. The van der Waals surface area contributed by atoms with Crippen molar-refractivity contribution in [3.8, 4) is 0 Å². The number of hydrogen-bond donors (Lipinski definition) is 2. The van der Waals surface area contributed by atoms with Crippen molar-refractivity contribution in [2.75, 3.05) is 13.7 Å². The number of aliphatic hydroxyl groups is 1. The van der Waals surface area contributed by atoms with E-state index in [1.807, 2.05) is 13.8 Å². The number of methoxy groups -OCH3 is 1. The van der Waals surface area contributed by atoms with E-state index in [-0.39, 0.29) is 6.10 Å². The van der Waals surface area contributed by atoms with Gasteiger partial charge in [0, 0.05) is 18.9 Å². The lowest BCUT2D eigenvalue weighted by atomic mass is 10.1. The van der Waals surface area contributed by atoms with Gasteiger partial charge in [0.15, 0.2) is 6.23 Å². The zero-order chi connectivity index (χ0) is 17.1. The van der Waals surface area contributed by atoms with Crippen LogP contribution in [0.25, 0.3) is 0 Å². The molecule has 0 bridgehead atoms. The van der Waals surface area contributed by atoms with Gasteiger partial charge >= 0.3 is 5.69 Å². The molecule has 8 heteroatoms. The van der Waals surface area contributed by atoms with Crippen molar-refractivity contribution in [3.05, 3.63) is 32.6 Å². The summed E-state index contributed by atoms with van der Waals surface area (Å²) < 4.78 is 17.9. The Balaban J connectivity index is 2.35. The fourth-order valence-electron chi connectivity index (χ4n) is 2.74. The Bertz CT molecular complexity index is 640. The first-order valence-corrected chi connectivity index (χ1v) is 7.69. The van der Waals surface area contributed by atoms with Crippen LogP contribution in [-0.2, 0) is 14.2 Å². The van der Waals surface area contributed by atoms with Gasteiger partial charge in [0.1, 0.15) is 12.2 Å². The van der Waals surface area contributed by atoms with E-state index in [1.165, 1.54) is 10.8 Å². The molecule has 1 saturated heterocycles. The van der Waals surface area contributed by atoms with Crippen LogP contribution < -0.4 is 11.2 Å². The van der Waals surface area contributed by atoms with Gasteiger partial charge in [-0.3, -0.25) is 14.3 Å². The summed E-state index contributed by atoms with van der Waals surface area (Å²) in [6.45, 7) is 5.65. The fourth-order valence-corrected chi connectivity index (χ4v) is 2.74. The summed E-state index contributed by atoms with van der Waals surface area (Å²) in [7, 11) is 1.56. The zero-order valence-electron chi connectivity index (χ0n) is 13.8. The highest BCUT2D eigenvalue weighted by Gasteiger charge is 2.45. The van der Waals surface area contributed by atoms with Gasteiger partial charge < -0.3 is 19.3 Å². The molecule has 1 unspecified atom stereocenters. The molecule has 0 aliphatic carbocycles. The van der Waals surface area contributed by atoms with Gasteiger partial charge in [-0.2, -0.15) is 0 Å². The largest absolute Gasteiger partial charge is 0.388 e. The van der Waals surface area contributed by atoms with Gasteiger partial charge in [-0.05, 0) is 20.3 Å². The van der Waals surface area contributed by atoms with Crippen molar-refractivity contribution in [2.45, 2.75) is 57.8 Å². The molecule has 5 atom stereocenters. The first-order valence-electron chi connectivity index (χ1n) is 7.69. The molecule has 1 aliphatic rings. The molecule has 0 aromatic carbocycles. The van der Waals surface area contributed by atoms with Crippen LogP contribution in [-0.4, -0.2) is 52.8 Å². The van der Waals surface area contributed by atoms with Crippen LogP contribution in [0, 0.1) is 6.92 Å². The Morgan fingerprint density at radius 3 is 2.78 bits per heavy atom. The lowest BCUT2D eigenvalue weighted by Gasteiger charge is -2.25. The number of hydrogen-bond acceptors (Lipinski definition) is 6. The smallest absolute Gasteiger partial charge is 0.330 e. The summed E-state index contributed by atoms with van der Waals surface area (Å²) >= 11 is 0. The van der Waals surface area contributed by atoms with Crippen LogP contribution >= 0.6 is 0 Å². The topological polar surface area (TPSA) is 103 Å². The highest BCUT2D eigenvalue weighted by molar-refractivity contribution is 5.03. The average molecular weight is 328 g/mol. The van der Waals surface area contributed by atoms with Crippen LogP contribution in [0.2, 0.25) is 0 Å². The minimum absolute atomic E-state index is 0.277. The SMILES string of the molecule is CC[C@H]1O[C@@H](n2cc(C)c(=O)[nH]c2=O)C(O[C@H](C)COC)[C@H]1O. The highest BCUT2D eigenvalue weighted by Crippen LogP contribution is 2.33. The quantitative estimate of drug-likeness (QED) is 0.758. The van der Waals surface area contributed by atoms with E-state index >= 15 is 0 Å². The van der Waals surface area contributed by atoms with Gasteiger partial charge in [-0.1, -0.05) is 6.92 Å². The van der Waals surface area contributed by atoms with E-state index in [1.54, 1.807) is 14.0 Å². The first kappa shape index (κ1) is 17.9. The van der Waals surface area contributed by atoms with Crippen molar-refractivity contribution in [1.82, 2.24) is 9.55 Å². The van der Waals surface area contributed by atoms with Crippen molar-refractivity contribution >= 4 is 0 Å². The van der Waals surface area contributed by atoms with Gasteiger partial charge in [-0.15, -0.1) is 0 Å². The summed E-state index contributed by atoms with van der Waals surface area (Å²) in [5.74, 6) is 0. The van der Waals surface area contributed by atoms with E-state index in [4.69, 9.17) is 14.2 Å². The van der Waals surface area contributed by atoms with E-state index < -0.39 is 35.8 Å². The molecule has 1 fully saturated rings. The summed E-state index contributed by atoms with van der Waals surface area (Å²) in [6.07, 6.45) is -1.13. The van der Waals surface area contributed by atoms with E-state index in [0.29, 0.717) is 18.6 Å². The summed E-state index contributed by atoms with van der Waals surface area (Å²) in [5, 5.41) is 10.4. The molecule has 2 heterocycles. The third kappa shape index (κ3) is 3.72. The van der Waals surface area contributed by atoms with E-state index in [9.17, 15) is 14.7 Å². The van der Waals surface area contributed by atoms with Crippen molar-refractivity contribution in [3.63, 3.8) is 0 Å². The standard InChI is InChI=1S/C15H24N2O6/c1-5-10-11(18)12(22-9(3)7-21-4)14(23-10)17-6-8(2)13(19)16-15(17)20/h6,9-12,14,18H,5,7H2,1-4H3,(H,16,19,20)/t9-,10-,11+,12?,14-/m1/s1. The minimum atomic E-state index is -0.872. The number of nitrogens with one attached hydrogen (secondary N) is 1. The number of rotatable bonds is 6. The Morgan fingerprint density at radius 1 is 1.48 bits per heavy atom. The number of ether oxygens (including phenoxy) is 3. The maximum Gasteiger partial charge on any atom is 0.330 e. The Morgan fingerprint density at radius 2 is 2.17 bits per heavy atom. The number of aromatic nitrogens is 2. The lowest BCUT2D eigenvalue weighted by Crippen LogP contribution is -2.41. The number of H-pyrrole nitrogens is 1. The Kier molecular flexibility index (Phi) is 5.74. The fraction of sp³-hybridized carbons (Fsp3) is 0.733. The molecular weight excluding hydrogens is 304 g/mol. The predicted molar refractivity (Wildman–Crippen MR) is 82.5 cm³/mol. The second kappa shape index (κ2) is 7.39.